The Bertz CT molecular complexity index is 1900. The molecule has 1 heterocycles. The molecule has 61 heavy (non-hydrogen) atoms. The summed E-state index contributed by atoms with van der Waals surface area (Å²) >= 11 is 0. The van der Waals surface area contributed by atoms with Crippen molar-refractivity contribution in [2.75, 3.05) is 53.0 Å². The van der Waals surface area contributed by atoms with E-state index in [0.717, 1.165) is 24.0 Å². The molecule has 3 unspecified atom stereocenters. The molecule has 5 N–H and O–H groups in total. The fraction of sp³-hybridized carbons (Fsp3) is 0.478. The summed E-state index contributed by atoms with van der Waals surface area (Å²) in [5.41, 5.74) is 0.0795. The van der Waals surface area contributed by atoms with Crippen LogP contribution in [0.25, 0.3) is 11.1 Å². The summed E-state index contributed by atoms with van der Waals surface area (Å²) < 4.78 is 16.7. The highest BCUT2D eigenvalue weighted by molar-refractivity contribution is 6.01. The maximum atomic E-state index is 15.6. The molecule has 6 amide bonds. The Morgan fingerprint density at radius 2 is 1.51 bits per heavy atom. The van der Waals surface area contributed by atoms with E-state index < -0.39 is 65.5 Å². The molecular formula is C46H62N6O9. The smallest absolute Gasteiger partial charge is 0.407 e. The van der Waals surface area contributed by atoms with Gasteiger partial charge in [-0.3, -0.25) is 24.5 Å². The number of likely N-dealkylation sites (N-methyl/N-ethyl adjacent to an activating group) is 1. The van der Waals surface area contributed by atoms with Gasteiger partial charge in [0, 0.05) is 44.8 Å². The number of carbonyl (C=O) groups is 6. The van der Waals surface area contributed by atoms with Crippen LogP contribution in [0, 0.1) is 5.92 Å². The molecule has 15 nitrogen and oxygen atoms in total. The second kappa shape index (κ2) is 23.8. The van der Waals surface area contributed by atoms with Gasteiger partial charge in [-0.2, -0.15) is 0 Å². The van der Waals surface area contributed by atoms with E-state index in [9.17, 15) is 24.0 Å². The lowest BCUT2D eigenvalue weighted by molar-refractivity contribution is -0.148. The predicted octanol–water partition coefficient (Wildman–Crippen LogP) is 4.53. The lowest BCUT2D eigenvalue weighted by atomic mass is 9.76. The predicted molar refractivity (Wildman–Crippen MR) is 231 cm³/mol. The number of amides is 6. The average molecular weight is 843 g/mol. The van der Waals surface area contributed by atoms with Crippen molar-refractivity contribution in [2.45, 2.75) is 83.4 Å². The van der Waals surface area contributed by atoms with Crippen LogP contribution >= 0.6 is 0 Å². The van der Waals surface area contributed by atoms with Gasteiger partial charge in [0.2, 0.25) is 11.8 Å². The highest BCUT2D eigenvalue weighted by Gasteiger charge is 2.49. The number of urea groups is 1. The van der Waals surface area contributed by atoms with Gasteiger partial charge in [-0.15, -0.1) is 0 Å². The monoisotopic (exact) mass is 842 g/mol. The molecule has 15 heteroatoms. The van der Waals surface area contributed by atoms with E-state index in [4.69, 9.17) is 14.2 Å². The normalized spacial score (nSPS) is 14.7. The molecule has 4 rings (SSSR count). The number of alkyl carbamates (subject to hydrolysis) is 1. The first-order valence-corrected chi connectivity index (χ1v) is 21.0. The molecule has 330 valence electrons. The van der Waals surface area contributed by atoms with E-state index in [2.05, 4.69) is 26.6 Å². The molecule has 0 radical (unpaired) electrons. The largest absolute Gasteiger partial charge is 0.464 e. The van der Waals surface area contributed by atoms with Crippen LogP contribution in [0.3, 0.4) is 0 Å². The number of rotatable bonds is 20. The van der Waals surface area contributed by atoms with Crippen molar-refractivity contribution in [3.05, 3.63) is 96.1 Å². The Morgan fingerprint density at radius 1 is 0.852 bits per heavy atom. The van der Waals surface area contributed by atoms with E-state index in [-0.39, 0.29) is 45.4 Å². The number of imide groups is 1. The standard InChI is InChI=1S/C46H62N6O9/c1-6-7-10-23-39(53)51-46(29-35-21-15-16-22-37(35)34-19-13-9-14-20-34,36(32-60-40(54)31-47-5)30-48-44(58)61-45(2,3)4)42(56)49-38(28-33-17-11-8-12-18-33)41(55)50-43(57)52-24-26-59-27-25-52/h8-9,11-22,36,38,47H,6-7,10,23-32H2,1-5H3,(H,48,58)(H,49,56)(H,51,53)(H,50,55,57). The number of morpholine rings is 1. The molecule has 0 bridgehead atoms. The molecule has 0 aliphatic carbocycles. The first-order chi connectivity index (χ1) is 29.2. The zero-order valence-electron chi connectivity index (χ0n) is 36.1. The minimum atomic E-state index is -1.99. The number of hydrogen-bond acceptors (Lipinski definition) is 10. The Labute approximate surface area is 359 Å². The second-order valence-corrected chi connectivity index (χ2v) is 16.1. The van der Waals surface area contributed by atoms with Gasteiger partial charge in [0.1, 0.15) is 17.2 Å². The van der Waals surface area contributed by atoms with Crippen LogP contribution in [-0.4, -0.2) is 111 Å². The van der Waals surface area contributed by atoms with Gasteiger partial charge in [-0.25, -0.2) is 9.59 Å². The summed E-state index contributed by atoms with van der Waals surface area (Å²) in [4.78, 5) is 85.2. The van der Waals surface area contributed by atoms with E-state index in [1.54, 1.807) is 52.1 Å². The minimum Gasteiger partial charge on any atom is -0.464 e. The maximum absolute atomic E-state index is 15.6. The second-order valence-electron chi connectivity index (χ2n) is 16.1. The van der Waals surface area contributed by atoms with E-state index in [0.29, 0.717) is 30.8 Å². The number of ether oxygens (including phenoxy) is 3. The average Bonchev–Trinajstić information content (AvgIpc) is 3.24. The molecule has 1 saturated heterocycles. The van der Waals surface area contributed by atoms with Gasteiger partial charge in [-0.1, -0.05) is 105 Å². The molecule has 3 aromatic carbocycles. The topological polar surface area (TPSA) is 193 Å². The van der Waals surface area contributed by atoms with Crippen molar-refractivity contribution in [3.8, 4) is 11.1 Å². The Balaban J connectivity index is 1.90. The number of esters is 1. The van der Waals surface area contributed by atoms with E-state index in [1.807, 2.05) is 67.6 Å². The van der Waals surface area contributed by atoms with Gasteiger partial charge in [0.15, 0.2) is 0 Å². The van der Waals surface area contributed by atoms with Crippen LogP contribution in [0.15, 0.2) is 84.9 Å². The third-order valence-corrected chi connectivity index (χ3v) is 10.1. The number of unbranched alkanes of at least 4 members (excludes halogenated alkanes) is 2. The van der Waals surface area contributed by atoms with Crippen molar-refractivity contribution in [2.24, 2.45) is 5.92 Å². The third kappa shape index (κ3) is 15.3. The van der Waals surface area contributed by atoms with Crippen LogP contribution in [-0.2, 0) is 46.2 Å². The SMILES string of the molecule is CCCCCC(=O)NC(Cc1ccccc1-c1ccccc1)(C(=O)NC(Cc1ccccc1)C(=O)NC(=O)N1CCOCC1)C(CNC(=O)OC(C)(C)C)COC(=O)CNC. The van der Waals surface area contributed by atoms with Crippen LogP contribution in [0.4, 0.5) is 9.59 Å². The lowest BCUT2D eigenvalue weighted by Gasteiger charge is -2.41. The quantitative estimate of drug-likeness (QED) is 0.0798. The summed E-state index contributed by atoms with van der Waals surface area (Å²) in [6.45, 7) is 7.43. The third-order valence-electron chi connectivity index (χ3n) is 10.1. The van der Waals surface area contributed by atoms with Crippen molar-refractivity contribution in [1.29, 1.82) is 0 Å². The van der Waals surface area contributed by atoms with Crippen molar-refractivity contribution in [1.82, 2.24) is 31.5 Å². The molecule has 3 aromatic rings. The summed E-state index contributed by atoms with van der Waals surface area (Å²) in [5, 5.41) is 14.0. The molecule has 1 aliphatic heterocycles. The first kappa shape index (κ1) is 47.9. The Morgan fingerprint density at radius 3 is 2.16 bits per heavy atom. The zero-order chi connectivity index (χ0) is 44.3. The number of hydrogen-bond donors (Lipinski definition) is 5. The molecule has 0 aromatic heterocycles. The molecule has 1 fully saturated rings. The number of carbonyl (C=O) groups excluding carboxylic acids is 6. The summed E-state index contributed by atoms with van der Waals surface area (Å²) in [6.07, 6.45) is 1.21. The summed E-state index contributed by atoms with van der Waals surface area (Å²) in [5.74, 6) is -3.81. The maximum Gasteiger partial charge on any atom is 0.407 e. The van der Waals surface area contributed by atoms with Gasteiger partial charge >= 0.3 is 18.1 Å². The number of nitrogens with zero attached hydrogens (tertiary/aromatic N) is 1. The van der Waals surface area contributed by atoms with Crippen molar-refractivity contribution >= 4 is 35.8 Å². The van der Waals surface area contributed by atoms with Crippen LogP contribution in [0.1, 0.15) is 64.5 Å². The van der Waals surface area contributed by atoms with Crippen molar-refractivity contribution in [3.63, 3.8) is 0 Å². The molecular weight excluding hydrogens is 781 g/mol. The van der Waals surface area contributed by atoms with Crippen LogP contribution < -0.4 is 26.6 Å². The molecule has 1 aliphatic rings. The lowest BCUT2D eigenvalue weighted by Crippen LogP contribution is -2.69. The Hall–Kier alpha value is -5.80. The highest BCUT2D eigenvalue weighted by Crippen LogP contribution is 2.32. The summed E-state index contributed by atoms with van der Waals surface area (Å²) in [7, 11) is 1.58. The highest BCUT2D eigenvalue weighted by atomic mass is 16.6. The number of benzene rings is 3. The minimum absolute atomic E-state index is 0.0199. The fourth-order valence-electron chi connectivity index (χ4n) is 7.00. The Kier molecular flexibility index (Phi) is 18.7. The van der Waals surface area contributed by atoms with Gasteiger partial charge in [-0.05, 0) is 56.5 Å². The number of nitrogens with one attached hydrogen (secondary N) is 5. The van der Waals surface area contributed by atoms with E-state index >= 15 is 4.79 Å². The van der Waals surface area contributed by atoms with Crippen LogP contribution in [0.2, 0.25) is 0 Å². The summed E-state index contributed by atoms with van der Waals surface area (Å²) in [6, 6.07) is 24.0. The van der Waals surface area contributed by atoms with Crippen LogP contribution in [0.5, 0.6) is 0 Å². The van der Waals surface area contributed by atoms with Gasteiger partial charge in [0.25, 0.3) is 5.91 Å². The van der Waals surface area contributed by atoms with E-state index in [1.165, 1.54) is 4.90 Å². The van der Waals surface area contributed by atoms with Gasteiger partial charge in [0.05, 0.1) is 26.4 Å². The fourth-order valence-corrected chi connectivity index (χ4v) is 7.00. The molecule has 0 saturated carbocycles. The van der Waals surface area contributed by atoms with Crippen molar-refractivity contribution < 1.29 is 43.0 Å². The molecule has 0 spiro atoms. The first-order valence-electron chi connectivity index (χ1n) is 21.0. The zero-order valence-corrected chi connectivity index (χ0v) is 36.1. The molecule has 3 atom stereocenters. The van der Waals surface area contributed by atoms with Gasteiger partial charge < -0.3 is 40.4 Å².